The predicted octanol–water partition coefficient (Wildman–Crippen LogP) is 1.99. The first-order chi connectivity index (χ1) is 19.8. The van der Waals surface area contributed by atoms with Gasteiger partial charge in [-0.3, -0.25) is 9.59 Å². The van der Waals surface area contributed by atoms with Crippen molar-refractivity contribution in [2.45, 2.75) is 12.4 Å². The molecule has 0 aliphatic carbocycles. The average Bonchev–Trinajstić information content (AvgIpc) is 2.98. The zero-order valence-corrected chi connectivity index (χ0v) is 22.6. The smallest absolute Gasteiger partial charge is 0.337 e. The number of halogens is 6. The van der Waals surface area contributed by atoms with Crippen LogP contribution in [-0.2, 0) is 35.6 Å². The standard InChI is InChI=1S/C22H24F6N8O5P/c23-21(24,25)15-9-29-19(30-10-15)35-5-1-33(2-6-35)17(37)13-40-42(39)41-14-18(38)34-3-7-36(8-4-34)20-31-11-16(12-32-20)22(26,27)28/h9-12H,1-8,13-14H2/q+1. The first-order valence-electron chi connectivity index (χ1n) is 12.4. The summed E-state index contributed by atoms with van der Waals surface area (Å²) in [6.07, 6.45) is -6.34. The van der Waals surface area contributed by atoms with Crippen molar-refractivity contribution in [3.05, 3.63) is 35.9 Å². The normalized spacial score (nSPS) is 16.5. The maximum absolute atomic E-state index is 12.7. The molecule has 2 amide bonds. The van der Waals surface area contributed by atoms with Gasteiger partial charge in [0.25, 0.3) is 11.8 Å². The van der Waals surface area contributed by atoms with Gasteiger partial charge in [-0.25, -0.2) is 19.9 Å². The van der Waals surface area contributed by atoms with E-state index in [0.717, 1.165) is 0 Å². The summed E-state index contributed by atoms with van der Waals surface area (Å²) in [6.45, 7) is 0.673. The molecule has 0 atom stereocenters. The maximum Gasteiger partial charge on any atom is 0.698 e. The van der Waals surface area contributed by atoms with E-state index in [4.69, 9.17) is 9.05 Å². The molecule has 0 saturated carbocycles. The van der Waals surface area contributed by atoms with Gasteiger partial charge in [-0.05, 0) is 0 Å². The molecule has 2 aromatic heterocycles. The van der Waals surface area contributed by atoms with E-state index >= 15 is 0 Å². The molecule has 0 radical (unpaired) electrons. The lowest BCUT2D eigenvalue weighted by atomic mass is 10.3. The minimum atomic E-state index is -4.55. The minimum absolute atomic E-state index is 0.0989. The summed E-state index contributed by atoms with van der Waals surface area (Å²) < 4.78 is 98.0. The van der Waals surface area contributed by atoms with Crippen molar-refractivity contribution >= 4 is 32.0 Å². The third-order valence-electron chi connectivity index (χ3n) is 6.35. The quantitative estimate of drug-likeness (QED) is 0.315. The van der Waals surface area contributed by atoms with E-state index in [1.54, 1.807) is 9.80 Å². The van der Waals surface area contributed by atoms with Gasteiger partial charge in [0.2, 0.25) is 11.9 Å². The van der Waals surface area contributed by atoms with Crippen LogP contribution in [-0.4, -0.2) is 107 Å². The van der Waals surface area contributed by atoms with Crippen LogP contribution in [0.3, 0.4) is 0 Å². The molecule has 20 heteroatoms. The molecule has 42 heavy (non-hydrogen) atoms. The highest BCUT2D eigenvalue weighted by atomic mass is 31.1. The molecule has 2 aromatic rings. The molecule has 2 aliphatic rings. The van der Waals surface area contributed by atoms with E-state index in [9.17, 15) is 40.5 Å². The zero-order valence-electron chi connectivity index (χ0n) is 21.7. The molecule has 2 saturated heterocycles. The predicted molar refractivity (Wildman–Crippen MR) is 131 cm³/mol. The number of anilines is 2. The van der Waals surface area contributed by atoms with Gasteiger partial charge in [-0.15, -0.1) is 9.05 Å². The molecular weight excluding hydrogens is 601 g/mol. The second-order valence-electron chi connectivity index (χ2n) is 9.05. The molecular formula is C22H24F6N8O5P+. The second kappa shape index (κ2) is 13.1. The summed E-state index contributed by atoms with van der Waals surface area (Å²) in [5.74, 6) is -0.797. The van der Waals surface area contributed by atoms with Gasteiger partial charge >= 0.3 is 20.6 Å². The van der Waals surface area contributed by atoms with Crippen LogP contribution in [0.15, 0.2) is 24.8 Å². The van der Waals surface area contributed by atoms with Crippen molar-refractivity contribution in [1.82, 2.24) is 29.7 Å². The van der Waals surface area contributed by atoms with Crippen molar-refractivity contribution in [2.24, 2.45) is 0 Å². The van der Waals surface area contributed by atoms with Gasteiger partial charge in [0.1, 0.15) is 0 Å². The number of hydrogen-bond donors (Lipinski definition) is 0. The first-order valence-corrected chi connectivity index (χ1v) is 13.5. The van der Waals surface area contributed by atoms with Crippen LogP contribution >= 0.6 is 8.25 Å². The highest BCUT2D eigenvalue weighted by Gasteiger charge is 2.34. The molecule has 0 bridgehead atoms. The molecule has 13 nitrogen and oxygen atoms in total. The van der Waals surface area contributed by atoms with E-state index in [0.29, 0.717) is 24.8 Å². The molecule has 0 spiro atoms. The van der Waals surface area contributed by atoms with Crippen molar-refractivity contribution in [3.63, 3.8) is 0 Å². The van der Waals surface area contributed by atoms with Crippen LogP contribution in [0, 0.1) is 0 Å². The SMILES string of the molecule is O=C(CO[P+](=O)OCC(=O)N1CCN(c2ncc(C(F)(F)F)cn2)CC1)N1CCN(c2ncc(C(F)(F)F)cn2)CC1. The average molecular weight is 625 g/mol. The van der Waals surface area contributed by atoms with Gasteiger partial charge < -0.3 is 19.6 Å². The largest absolute Gasteiger partial charge is 0.698 e. The minimum Gasteiger partial charge on any atom is -0.337 e. The highest BCUT2D eigenvalue weighted by Crippen LogP contribution is 2.30. The molecule has 0 aromatic carbocycles. The van der Waals surface area contributed by atoms with Gasteiger partial charge in [0.05, 0.1) is 11.1 Å². The number of aromatic nitrogens is 4. The summed E-state index contributed by atoms with van der Waals surface area (Å²) >= 11 is 0. The summed E-state index contributed by atoms with van der Waals surface area (Å²) in [7, 11) is -2.79. The summed E-state index contributed by atoms with van der Waals surface area (Å²) in [5, 5.41) is 0. The van der Waals surface area contributed by atoms with Crippen LogP contribution in [0.5, 0.6) is 0 Å². The fourth-order valence-corrected chi connectivity index (χ4v) is 4.52. The van der Waals surface area contributed by atoms with Crippen LogP contribution in [0.25, 0.3) is 0 Å². The lowest BCUT2D eigenvalue weighted by molar-refractivity contribution is -0.138. The van der Waals surface area contributed by atoms with Crippen molar-refractivity contribution < 1.29 is 49.5 Å². The highest BCUT2D eigenvalue weighted by molar-refractivity contribution is 7.33. The van der Waals surface area contributed by atoms with Gasteiger partial charge in [-0.2, -0.15) is 26.3 Å². The summed E-state index contributed by atoms with van der Waals surface area (Å²) in [5.41, 5.74) is -1.94. The molecule has 0 N–H and O–H groups in total. The van der Waals surface area contributed by atoms with Gasteiger partial charge in [0, 0.05) is 81.7 Å². The Kier molecular flexibility index (Phi) is 9.73. The van der Waals surface area contributed by atoms with Crippen molar-refractivity contribution in [3.8, 4) is 0 Å². The third-order valence-corrected chi connectivity index (χ3v) is 7.03. The Labute approximate surface area is 235 Å². The fraction of sp³-hybridized carbons (Fsp3) is 0.545. The van der Waals surface area contributed by atoms with Crippen LogP contribution in [0.2, 0.25) is 0 Å². The topological polar surface area (TPSA) is 134 Å². The molecule has 4 rings (SSSR count). The van der Waals surface area contributed by atoms with Gasteiger partial charge in [-0.1, -0.05) is 0 Å². The fourth-order valence-electron chi connectivity index (χ4n) is 4.01. The first kappa shape index (κ1) is 31.2. The van der Waals surface area contributed by atoms with Crippen LogP contribution in [0.4, 0.5) is 38.2 Å². The lowest BCUT2D eigenvalue weighted by Crippen LogP contribution is -2.50. The molecule has 2 fully saturated rings. The molecule has 2 aliphatic heterocycles. The maximum atomic E-state index is 12.7. The van der Waals surface area contributed by atoms with E-state index in [-0.39, 0.29) is 64.3 Å². The number of piperazine rings is 2. The summed E-state index contributed by atoms with van der Waals surface area (Å²) in [6, 6.07) is 0. The number of hydrogen-bond acceptors (Lipinski definition) is 11. The Balaban J connectivity index is 1.12. The number of rotatable bonds is 8. The Morgan fingerprint density at radius 1 is 0.643 bits per heavy atom. The van der Waals surface area contributed by atoms with Crippen molar-refractivity contribution in [1.29, 1.82) is 0 Å². The Bertz CT molecular complexity index is 1160. The van der Waals surface area contributed by atoms with Crippen LogP contribution < -0.4 is 9.80 Å². The number of carbonyl (C=O) groups is 2. The van der Waals surface area contributed by atoms with E-state index in [2.05, 4.69) is 19.9 Å². The van der Waals surface area contributed by atoms with E-state index in [1.165, 1.54) is 9.80 Å². The monoisotopic (exact) mass is 625 g/mol. The van der Waals surface area contributed by atoms with E-state index < -0.39 is 56.8 Å². The van der Waals surface area contributed by atoms with Crippen molar-refractivity contribution in [2.75, 3.05) is 75.4 Å². The number of amides is 2. The Hall–Kier alpha value is -3.70. The van der Waals surface area contributed by atoms with Crippen LogP contribution in [0.1, 0.15) is 11.1 Å². The second-order valence-corrected chi connectivity index (χ2v) is 10.0. The lowest BCUT2D eigenvalue weighted by Gasteiger charge is -2.34. The number of nitrogens with zero attached hydrogens (tertiary/aromatic N) is 8. The molecule has 0 unspecified atom stereocenters. The Morgan fingerprint density at radius 2 is 0.952 bits per heavy atom. The third kappa shape index (κ3) is 8.19. The molecule has 228 valence electrons. The summed E-state index contributed by atoms with van der Waals surface area (Å²) in [4.78, 5) is 45.8. The molecule has 4 heterocycles. The van der Waals surface area contributed by atoms with Gasteiger partial charge in [0.15, 0.2) is 13.2 Å². The number of alkyl halides is 6. The number of carbonyl (C=O) groups excluding carboxylic acids is 2. The van der Waals surface area contributed by atoms with E-state index in [1.807, 2.05) is 0 Å². The Morgan fingerprint density at radius 3 is 1.24 bits per heavy atom. The zero-order chi connectivity index (χ0) is 30.5.